The number of aliphatic imine (C=N–C) groups is 1. The summed E-state index contributed by atoms with van der Waals surface area (Å²) in [5, 5.41) is 4.28. The average Bonchev–Trinajstić information content (AvgIpc) is 3.37. The lowest BCUT2D eigenvalue weighted by molar-refractivity contribution is 0.326. The van der Waals surface area contributed by atoms with Crippen LogP contribution in [0.4, 0.5) is 11.4 Å². The lowest BCUT2D eigenvalue weighted by atomic mass is 9.76. The quantitative estimate of drug-likeness (QED) is 0.275. The van der Waals surface area contributed by atoms with Gasteiger partial charge in [-0.1, -0.05) is 66.2 Å². The molecule has 178 valence electrons. The Morgan fingerprint density at radius 2 is 1.97 bits per heavy atom. The van der Waals surface area contributed by atoms with E-state index < -0.39 is 0 Å². The molecule has 0 amide bonds. The topological polar surface area (TPSA) is 42.8 Å². The highest BCUT2D eigenvalue weighted by atomic mass is 35.5. The van der Waals surface area contributed by atoms with Crippen molar-refractivity contribution in [3.63, 3.8) is 0 Å². The van der Waals surface area contributed by atoms with Gasteiger partial charge in [-0.3, -0.25) is 4.99 Å². The van der Waals surface area contributed by atoms with Crippen molar-refractivity contribution in [1.29, 1.82) is 0 Å². The fourth-order valence-electron chi connectivity index (χ4n) is 5.06. The van der Waals surface area contributed by atoms with Crippen LogP contribution >= 0.6 is 11.6 Å². The molecule has 1 heterocycles. The Hall–Kier alpha value is -3.50. The zero-order chi connectivity index (χ0) is 24.4. The molecule has 4 nitrogen and oxygen atoms in total. The standard InChI is InChI=1S/C30H29ClN2O2/c1-4-14-35-30-26(31)16-20(17-28(30)34-3)18-32-22-11-9-21(10-12-22)29-24-7-5-6-23(24)25-15-19(2)8-13-27(25)33-29/h4-6,8-13,15-18,23-24,29,33H,1,7,14H2,2-3H3/t23-,24-,29+/m1/s1. The zero-order valence-corrected chi connectivity index (χ0v) is 20.8. The molecule has 0 radical (unpaired) electrons. The van der Waals surface area contributed by atoms with Crippen LogP contribution in [0.3, 0.4) is 0 Å². The summed E-state index contributed by atoms with van der Waals surface area (Å²) in [5.41, 5.74) is 6.95. The molecule has 5 rings (SSSR count). The summed E-state index contributed by atoms with van der Waals surface area (Å²) >= 11 is 6.41. The Labute approximate surface area is 212 Å². The van der Waals surface area contributed by atoms with E-state index in [9.17, 15) is 0 Å². The molecule has 3 aromatic carbocycles. The molecular formula is C30H29ClN2O2. The molecule has 0 aromatic heterocycles. The first-order valence-electron chi connectivity index (χ1n) is 11.9. The Morgan fingerprint density at radius 1 is 1.14 bits per heavy atom. The summed E-state index contributed by atoms with van der Waals surface area (Å²) < 4.78 is 11.1. The molecule has 1 aliphatic carbocycles. The number of hydrogen-bond acceptors (Lipinski definition) is 4. The number of fused-ring (bicyclic) bond motifs is 3. The van der Waals surface area contributed by atoms with E-state index in [0.717, 1.165) is 17.7 Å². The maximum absolute atomic E-state index is 6.41. The number of halogens is 1. The van der Waals surface area contributed by atoms with Crippen LogP contribution in [0.25, 0.3) is 0 Å². The van der Waals surface area contributed by atoms with Crippen LogP contribution in [0, 0.1) is 12.8 Å². The molecule has 0 saturated carbocycles. The minimum atomic E-state index is 0.273. The van der Waals surface area contributed by atoms with Gasteiger partial charge in [0.05, 0.1) is 23.9 Å². The molecule has 0 spiro atoms. The van der Waals surface area contributed by atoms with Gasteiger partial charge in [0.25, 0.3) is 0 Å². The lowest BCUT2D eigenvalue weighted by Gasteiger charge is -2.37. The highest BCUT2D eigenvalue weighted by molar-refractivity contribution is 6.32. The van der Waals surface area contributed by atoms with Gasteiger partial charge in [0.2, 0.25) is 0 Å². The highest BCUT2D eigenvalue weighted by Crippen LogP contribution is 2.50. The van der Waals surface area contributed by atoms with Crippen LogP contribution in [-0.2, 0) is 0 Å². The Kier molecular flexibility index (Phi) is 6.65. The normalized spacial score (nSPS) is 20.3. The van der Waals surface area contributed by atoms with E-state index in [1.165, 1.54) is 22.4 Å². The zero-order valence-electron chi connectivity index (χ0n) is 20.0. The van der Waals surface area contributed by atoms with Crippen molar-refractivity contribution < 1.29 is 9.47 Å². The van der Waals surface area contributed by atoms with Gasteiger partial charge in [0.15, 0.2) is 11.5 Å². The molecule has 35 heavy (non-hydrogen) atoms. The van der Waals surface area contributed by atoms with E-state index in [0.29, 0.717) is 35.0 Å². The van der Waals surface area contributed by atoms with Crippen LogP contribution in [0.5, 0.6) is 11.5 Å². The number of anilines is 1. The first-order valence-corrected chi connectivity index (χ1v) is 12.2. The minimum absolute atomic E-state index is 0.273. The Morgan fingerprint density at radius 3 is 2.74 bits per heavy atom. The van der Waals surface area contributed by atoms with E-state index >= 15 is 0 Å². The fourth-order valence-corrected chi connectivity index (χ4v) is 5.33. The number of aryl methyl sites for hydroxylation is 1. The maximum atomic E-state index is 6.41. The van der Waals surface area contributed by atoms with E-state index in [4.69, 9.17) is 21.1 Å². The molecule has 1 N–H and O–H groups in total. The first kappa shape index (κ1) is 23.3. The van der Waals surface area contributed by atoms with Crippen molar-refractivity contribution in [2.75, 3.05) is 19.0 Å². The monoisotopic (exact) mass is 484 g/mol. The second kappa shape index (κ2) is 10.0. The number of methoxy groups -OCH3 is 1. The number of rotatable bonds is 7. The summed E-state index contributed by atoms with van der Waals surface area (Å²) in [6.07, 6.45) is 9.25. The molecule has 3 atom stereocenters. The fraction of sp³-hybridized carbons (Fsp3) is 0.233. The number of benzene rings is 3. The van der Waals surface area contributed by atoms with Gasteiger partial charge in [-0.05, 0) is 66.3 Å². The molecule has 3 aromatic rings. The van der Waals surface area contributed by atoms with Gasteiger partial charge in [-0.15, -0.1) is 0 Å². The number of hydrogen-bond donors (Lipinski definition) is 1. The molecule has 0 bridgehead atoms. The highest BCUT2D eigenvalue weighted by Gasteiger charge is 2.37. The van der Waals surface area contributed by atoms with Crippen LogP contribution in [0.15, 0.2) is 84.4 Å². The second-order valence-corrected chi connectivity index (χ2v) is 9.46. The van der Waals surface area contributed by atoms with Crippen LogP contribution < -0.4 is 14.8 Å². The third kappa shape index (κ3) is 4.71. The number of allylic oxidation sites excluding steroid dienone is 2. The van der Waals surface area contributed by atoms with E-state index in [1.807, 2.05) is 12.1 Å². The lowest BCUT2D eigenvalue weighted by Crippen LogP contribution is -2.29. The summed E-state index contributed by atoms with van der Waals surface area (Å²) in [4.78, 5) is 4.65. The summed E-state index contributed by atoms with van der Waals surface area (Å²) in [6, 6.07) is 19.2. The molecule has 2 aliphatic rings. The second-order valence-electron chi connectivity index (χ2n) is 9.05. The van der Waals surface area contributed by atoms with Gasteiger partial charge < -0.3 is 14.8 Å². The number of nitrogens with one attached hydrogen (secondary N) is 1. The third-order valence-electron chi connectivity index (χ3n) is 6.73. The van der Waals surface area contributed by atoms with Gasteiger partial charge in [0, 0.05) is 17.8 Å². The van der Waals surface area contributed by atoms with Crippen molar-refractivity contribution in [2.45, 2.75) is 25.3 Å². The van der Waals surface area contributed by atoms with Gasteiger partial charge in [-0.25, -0.2) is 0 Å². The molecule has 0 fully saturated rings. The third-order valence-corrected chi connectivity index (χ3v) is 7.01. The number of nitrogens with zero attached hydrogens (tertiary/aromatic N) is 1. The SMILES string of the molecule is C=CCOc1c(Cl)cc(C=Nc2ccc([C@@H]3Nc4ccc(C)cc4[C@@H]4C=CC[C@H]43)cc2)cc1OC. The van der Waals surface area contributed by atoms with Crippen LogP contribution in [0.1, 0.15) is 40.6 Å². The predicted octanol–water partition coefficient (Wildman–Crippen LogP) is 7.80. The Balaban J connectivity index is 1.35. The molecule has 0 unspecified atom stereocenters. The maximum Gasteiger partial charge on any atom is 0.180 e. The van der Waals surface area contributed by atoms with Crippen molar-refractivity contribution >= 4 is 29.2 Å². The average molecular weight is 485 g/mol. The van der Waals surface area contributed by atoms with Crippen molar-refractivity contribution in [2.24, 2.45) is 10.9 Å². The van der Waals surface area contributed by atoms with Crippen molar-refractivity contribution in [3.05, 3.63) is 107 Å². The van der Waals surface area contributed by atoms with E-state index in [-0.39, 0.29) is 6.04 Å². The summed E-state index contributed by atoms with van der Waals surface area (Å²) in [6.45, 7) is 6.19. The van der Waals surface area contributed by atoms with E-state index in [1.54, 1.807) is 19.4 Å². The van der Waals surface area contributed by atoms with Crippen molar-refractivity contribution in [1.82, 2.24) is 0 Å². The van der Waals surface area contributed by atoms with Crippen LogP contribution in [-0.4, -0.2) is 19.9 Å². The van der Waals surface area contributed by atoms with Gasteiger partial charge >= 0.3 is 0 Å². The van der Waals surface area contributed by atoms with E-state index in [2.05, 4.69) is 78.4 Å². The molecule has 5 heteroatoms. The van der Waals surface area contributed by atoms with Crippen molar-refractivity contribution in [3.8, 4) is 11.5 Å². The molecule has 1 aliphatic heterocycles. The van der Waals surface area contributed by atoms with Gasteiger partial charge in [-0.2, -0.15) is 0 Å². The minimum Gasteiger partial charge on any atom is -0.493 e. The van der Waals surface area contributed by atoms with Gasteiger partial charge in [0.1, 0.15) is 6.61 Å². The molecular weight excluding hydrogens is 456 g/mol. The first-order chi connectivity index (χ1) is 17.1. The largest absolute Gasteiger partial charge is 0.493 e. The Bertz CT molecular complexity index is 1300. The summed E-state index contributed by atoms with van der Waals surface area (Å²) in [7, 11) is 1.59. The predicted molar refractivity (Wildman–Crippen MR) is 145 cm³/mol. The molecule has 0 saturated heterocycles. The smallest absolute Gasteiger partial charge is 0.180 e. The van der Waals surface area contributed by atoms with Crippen LogP contribution in [0.2, 0.25) is 5.02 Å². The number of ether oxygens (including phenoxy) is 2. The summed E-state index contributed by atoms with van der Waals surface area (Å²) in [5.74, 6) is 2.06.